The molecule has 0 bridgehead atoms. The first-order valence-corrected chi connectivity index (χ1v) is 17.6. The first-order chi connectivity index (χ1) is 22.4. The Kier molecular flexibility index (Phi) is 11.0. The van der Waals surface area contributed by atoms with Gasteiger partial charge in [-0.3, -0.25) is 19.4 Å². The van der Waals surface area contributed by atoms with Crippen LogP contribution in [0, 0.1) is 12.8 Å². The molecule has 1 amide bonds. The fraction of sp³-hybridized carbons (Fsp3) is 0.500. The molecule has 2 saturated heterocycles. The van der Waals surface area contributed by atoms with Gasteiger partial charge < -0.3 is 9.80 Å². The van der Waals surface area contributed by atoms with Gasteiger partial charge >= 0.3 is 0 Å². The highest BCUT2D eigenvalue weighted by Crippen LogP contribution is 2.26. The summed E-state index contributed by atoms with van der Waals surface area (Å²) in [6.45, 7) is 11.7. The van der Waals surface area contributed by atoms with E-state index in [9.17, 15) is 9.59 Å². The van der Waals surface area contributed by atoms with Gasteiger partial charge in [-0.1, -0.05) is 54.6 Å². The van der Waals surface area contributed by atoms with Gasteiger partial charge in [0.15, 0.2) is 5.78 Å². The summed E-state index contributed by atoms with van der Waals surface area (Å²) in [5, 5.41) is 0. The third kappa shape index (κ3) is 8.33. The van der Waals surface area contributed by atoms with E-state index in [-0.39, 0.29) is 11.7 Å². The first kappa shape index (κ1) is 32.6. The van der Waals surface area contributed by atoms with Gasteiger partial charge in [-0.2, -0.15) is 0 Å². The van der Waals surface area contributed by atoms with Gasteiger partial charge in [0, 0.05) is 69.9 Å². The van der Waals surface area contributed by atoms with Crippen LogP contribution in [0.5, 0.6) is 0 Å². The lowest BCUT2D eigenvalue weighted by atomic mass is 9.90. The summed E-state index contributed by atoms with van der Waals surface area (Å²) in [4.78, 5) is 36.0. The van der Waals surface area contributed by atoms with Crippen LogP contribution in [0.25, 0.3) is 0 Å². The number of Topliss-reactive ketones (excluding diaryl/α,β-unsaturated/α-hetero) is 1. The van der Waals surface area contributed by atoms with Gasteiger partial charge in [0.25, 0.3) is 5.91 Å². The summed E-state index contributed by atoms with van der Waals surface area (Å²) in [6.07, 6.45) is 7.17. The van der Waals surface area contributed by atoms with Gasteiger partial charge in [-0.25, -0.2) is 0 Å². The Hall–Kier alpha value is -3.32. The van der Waals surface area contributed by atoms with E-state index >= 15 is 0 Å². The summed E-state index contributed by atoms with van der Waals surface area (Å²) < 4.78 is 0. The van der Waals surface area contributed by atoms with Crippen molar-refractivity contribution in [1.29, 1.82) is 0 Å². The molecule has 0 atom stereocenters. The molecule has 0 unspecified atom stereocenters. The second kappa shape index (κ2) is 15.5. The Morgan fingerprint density at radius 3 is 2.13 bits per heavy atom. The molecule has 0 radical (unpaired) electrons. The number of likely N-dealkylation sites (tertiary alicyclic amines) is 1. The minimum Gasteiger partial charge on any atom is -0.336 e. The predicted molar refractivity (Wildman–Crippen MR) is 186 cm³/mol. The molecular weight excluding hydrogens is 568 g/mol. The fourth-order valence-corrected chi connectivity index (χ4v) is 7.55. The highest BCUT2D eigenvalue weighted by molar-refractivity contribution is 5.96. The van der Waals surface area contributed by atoms with Crippen LogP contribution in [0.2, 0.25) is 0 Å². The Morgan fingerprint density at radius 2 is 1.37 bits per heavy atom. The van der Waals surface area contributed by atoms with Crippen LogP contribution >= 0.6 is 0 Å². The number of hydrogen-bond acceptors (Lipinski definition) is 5. The molecule has 0 saturated carbocycles. The van der Waals surface area contributed by atoms with Crippen molar-refractivity contribution < 1.29 is 9.59 Å². The predicted octanol–water partition coefficient (Wildman–Crippen LogP) is 6.25. The van der Waals surface area contributed by atoms with Crippen LogP contribution in [0.15, 0.2) is 66.7 Å². The molecule has 0 N–H and O–H groups in total. The topological polar surface area (TPSA) is 47.1 Å². The van der Waals surface area contributed by atoms with Crippen LogP contribution < -0.4 is 0 Å². The smallest absolute Gasteiger partial charge is 0.254 e. The van der Waals surface area contributed by atoms with Gasteiger partial charge in [-0.05, 0) is 111 Å². The first-order valence-electron chi connectivity index (χ1n) is 17.6. The zero-order valence-electron chi connectivity index (χ0n) is 28.1. The van der Waals surface area contributed by atoms with Crippen molar-refractivity contribution in [3.8, 4) is 0 Å². The van der Waals surface area contributed by atoms with Crippen molar-refractivity contribution in [3.05, 3.63) is 106 Å². The second-order valence-electron chi connectivity index (χ2n) is 14.0. The molecule has 3 heterocycles. The number of aryl methyl sites for hydroxylation is 1. The largest absolute Gasteiger partial charge is 0.336 e. The Labute approximate surface area is 276 Å². The zero-order valence-corrected chi connectivity index (χ0v) is 28.1. The number of ketones is 1. The number of nitrogens with zero attached hydrogens (tertiary/aromatic N) is 4. The maximum atomic E-state index is 13.4. The average molecular weight is 621 g/mol. The summed E-state index contributed by atoms with van der Waals surface area (Å²) in [6, 6.07) is 23.3. The van der Waals surface area contributed by atoms with Crippen LogP contribution in [0.1, 0.15) is 80.6 Å². The van der Waals surface area contributed by atoms with E-state index in [1.807, 2.05) is 17.0 Å². The molecule has 0 spiro atoms. The van der Waals surface area contributed by atoms with E-state index < -0.39 is 0 Å². The molecule has 3 aliphatic heterocycles. The van der Waals surface area contributed by atoms with E-state index in [4.69, 9.17) is 0 Å². The number of carbonyl (C=O) groups excluding carboxylic acids is 2. The summed E-state index contributed by atoms with van der Waals surface area (Å²) in [5.41, 5.74) is 8.34. The molecule has 3 aromatic carbocycles. The minimum absolute atomic E-state index is 0.161. The average Bonchev–Trinajstić information content (AvgIpc) is 3.28. The van der Waals surface area contributed by atoms with Crippen molar-refractivity contribution in [2.24, 2.45) is 5.92 Å². The van der Waals surface area contributed by atoms with Crippen molar-refractivity contribution in [3.63, 3.8) is 0 Å². The number of hydrogen-bond donors (Lipinski definition) is 0. The highest BCUT2D eigenvalue weighted by atomic mass is 16.2. The van der Waals surface area contributed by atoms with Crippen molar-refractivity contribution in [1.82, 2.24) is 19.6 Å². The number of likely N-dealkylation sites (N-methyl/N-ethyl adjacent to an activating group) is 1. The molecule has 0 aliphatic carbocycles. The Balaban J connectivity index is 0.964. The molecule has 6 nitrogen and oxygen atoms in total. The lowest BCUT2D eigenvalue weighted by Gasteiger charge is -2.33. The van der Waals surface area contributed by atoms with Gasteiger partial charge in [0.1, 0.15) is 0 Å². The number of amides is 1. The van der Waals surface area contributed by atoms with E-state index in [0.717, 1.165) is 114 Å². The molecule has 6 rings (SSSR count). The number of piperazine rings is 1. The lowest BCUT2D eigenvalue weighted by Crippen LogP contribution is -2.47. The molecule has 6 heteroatoms. The van der Waals surface area contributed by atoms with Crippen LogP contribution in [-0.2, 0) is 25.9 Å². The molecule has 3 aromatic rings. The quantitative estimate of drug-likeness (QED) is 0.251. The van der Waals surface area contributed by atoms with Crippen molar-refractivity contribution >= 4 is 11.7 Å². The molecule has 244 valence electrons. The summed E-state index contributed by atoms with van der Waals surface area (Å²) >= 11 is 0. The minimum atomic E-state index is 0.161. The molecule has 3 aliphatic rings. The number of piperidine rings is 1. The van der Waals surface area contributed by atoms with Crippen molar-refractivity contribution in [2.45, 2.75) is 65.0 Å². The number of fused-ring (bicyclic) bond motifs is 1. The van der Waals surface area contributed by atoms with Crippen LogP contribution in [0.4, 0.5) is 0 Å². The van der Waals surface area contributed by atoms with E-state index in [1.165, 1.54) is 35.1 Å². The second-order valence-corrected chi connectivity index (χ2v) is 14.0. The van der Waals surface area contributed by atoms with Crippen LogP contribution in [-0.4, -0.2) is 90.7 Å². The monoisotopic (exact) mass is 620 g/mol. The zero-order chi connectivity index (χ0) is 31.9. The van der Waals surface area contributed by atoms with Gasteiger partial charge in [0.05, 0.1) is 0 Å². The molecule has 0 aromatic heterocycles. The highest BCUT2D eigenvalue weighted by Gasteiger charge is 2.24. The third-order valence-corrected chi connectivity index (χ3v) is 10.7. The standard InChI is InChI=1S/C40H52N4O2/c1-31-8-3-4-10-36(31)29-42-20-16-32(17-21-42)9-7-13-39(45)35-15-14-33-18-22-43(23-19-34(33)28-35)30-37-11-5-6-12-38(37)40(46)44-26-24-41(2)25-27-44/h3-6,8,10-12,14-15,28,32H,7,9,13,16-27,29-30H2,1-2H3. The third-order valence-electron chi connectivity index (χ3n) is 10.7. The van der Waals surface area contributed by atoms with Gasteiger partial charge in [-0.15, -0.1) is 0 Å². The lowest BCUT2D eigenvalue weighted by molar-refractivity contribution is 0.0661. The van der Waals surface area contributed by atoms with Crippen molar-refractivity contribution in [2.75, 3.05) is 59.4 Å². The maximum Gasteiger partial charge on any atom is 0.254 e. The van der Waals surface area contributed by atoms with Gasteiger partial charge in [0.2, 0.25) is 0 Å². The molecule has 2 fully saturated rings. The van der Waals surface area contributed by atoms with E-state index in [1.54, 1.807) is 0 Å². The summed E-state index contributed by atoms with van der Waals surface area (Å²) in [7, 11) is 2.12. The Bertz CT molecular complexity index is 1490. The number of benzene rings is 3. The summed E-state index contributed by atoms with van der Waals surface area (Å²) in [5.74, 6) is 1.19. The molecule has 46 heavy (non-hydrogen) atoms. The van der Waals surface area contributed by atoms with E-state index in [0.29, 0.717) is 6.42 Å². The SMILES string of the molecule is Cc1ccccc1CN1CCC(CCCC(=O)c2ccc3c(c2)CCN(Cc2ccccc2C(=O)N2CCN(C)CC2)CC3)CC1. The Morgan fingerprint density at radius 1 is 0.717 bits per heavy atom. The molecular formula is C40H52N4O2. The fourth-order valence-electron chi connectivity index (χ4n) is 7.55. The maximum absolute atomic E-state index is 13.4. The van der Waals surface area contributed by atoms with Crippen LogP contribution in [0.3, 0.4) is 0 Å². The number of carbonyl (C=O) groups is 2. The normalized spacial score (nSPS) is 18.7. The number of rotatable bonds is 10. The van der Waals surface area contributed by atoms with E-state index in [2.05, 4.69) is 83.3 Å².